The van der Waals surface area contributed by atoms with Crippen LogP contribution in [0.2, 0.25) is 0 Å². The summed E-state index contributed by atoms with van der Waals surface area (Å²) in [4.78, 5) is 16.4. The Morgan fingerprint density at radius 2 is 2.08 bits per heavy atom. The van der Waals surface area contributed by atoms with Gasteiger partial charge in [0.15, 0.2) is 5.58 Å². The number of fused-ring (bicyclic) bond motifs is 1. The van der Waals surface area contributed by atoms with E-state index in [0.29, 0.717) is 28.2 Å². The van der Waals surface area contributed by atoms with Gasteiger partial charge < -0.3 is 8.83 Å². The molecule has 0 unspecified atom stereocenters. The molecule has 4 aromatic rings. The van der Waals surface area contributed by atoms with Crippen molar-refractivity contribution in [2.75, 3.05) is 0 Å². The van der Waals surface area contributed by atoms with Crippen LogP contribution in [0.4, 0.5) is 4.39 Å². The molecule has 2 aromatic heterocycles. The highest BCUT2D eigenvalue weighted by molar-refractivity contribution is 5.73. The SMILES string of the molecule is Cc1ccc2oc(=O)n(Cc3coc(-c4cccc(F)c4)n3)c2c1. The molecule has 0 saturated carbocycles. The lowest BCUT2D eigenvalue weighted by Crippen LogP contribution is -2.15. The van der Waals surface area contributed by atoms with Crippen molar-refractivity contribution in [2.24, 2.45) is 0 Å². The molecule has 0 N–H and O–H groups in total. The quantitative estimate of drug-likeness (QED) is 0.576. The Bertz CT molecular complexity index is 1090. The molecule has 0 aliphatic carbocycles. The van der Waals surface area contributed by atoms with E-state index in [1.165, 1.54) is 23.0 Å². The number of oxazole rings is 2. The Hall–Kier alpha value is -3.15. The van der Waals surface area contributed by atoms with Crippen LogP contribution in [0, 0.1) is 12.7 Å². The number of hydrogen-bond donors (Lipinski definition) is 0. The predicted molar refractivity (Wildman–Crippen MR) is 86.2 cm³/mol. The number of rotatable bonds is 3. The van der Waals surface area contributed by atoms with E-state index in [4.69, 9.17) is 8.83 Å². The van der Waals surface area contributed by atoms with Gasteiger partial charge in [0.2, 0.25) is 5.89 Å². The van der Waals surface area contributed by atoms with E-state index < -0.39 is 5.76 Å². The second-order valence-corrected chi connectivity index (χ2v) is 5.58. The number of halogens is 1. The summed E-state index contributed by atoms with van der Waals surface area (Å²) in [6.45, 7) is 2.16. The molecule has 0 aliphatic rings. The zero-order chi connectivity index (χ0) is 16.7. The summed E-state index contributed by atoms with van der Waals surface area (Å²) in [5.41, 5.74) is 3.36. The van der Waals surface area contributed by atoms with Crippen LogP contribution >= 0.6 is 0 Å². The van der Waals surface area contributed by atoms with Crippen molar-refractivity contribution in [3.63, 3.8) is 0 Å². The van der Waals surface area contributed by atoms with Crippen LogP contribution in [0.25, 0.3) is 22.6 Å². The number of aryl methyl sites for hydroxylation is 1. The Kier molecular flexibility index (Phi) is 3.30. The highest BCUT2D eigenvalue weighted by Gasteiger charge is 2.13. The van der Waals surface area contributed by atoms with Gasteiger partial charge in [-0.2, -0.15) is 0 Å². The molecule has 0 fully saturated rings. The van der Waals surface area contributed by atoms with E-state index >= 15 is 0 Å². The molecule has 0 bridgehead atoms. The van der Waals surface area contributed by atoms with E-state index in [1.807, 2.05) is 19.1 Å². The zero-order valence-corrected chi connectivity index (χ0v) is 12.8. The van der Waals surface area contributed by atoms with Gasteiger partial charge in [0.1, 0.15) is 12.1 Å². The van der Waals surface area contributed by atoms with Crippen molar-refractivity contribution in [1.82, 2.24) is 9.55 Å². The monoisotopic (exact) mass is 324 g/mol. The smallest absolute Gasteiger partial charge is 0.420 e. The average Bonchev–Trinajstić information content (AvgIpc) is 3.14. The van der Waals surface area contributed by atoms with Gasteiger partial charge in [-0.05, 0) is 42.8 Å². The molecule has 4 rings (SSSR count). The second-order valence-electron chi connectivity index (χ2n) is 5.58. The van der Waals surface area contributed by atoms with Gasteiger partial charge in [-0.25, -0.2) is 14.2 Å². The van der Waals surface area contributed by atoms with Crippen LogP contribution in [0.5, 0.6) is 0 Å². The first-order chi connectivity index (χ1) is 11.6. The van der Waals surface area contributed by atoms with Gasteiger partial charge in [0, 0.05) is 5.56 Å². The first-order valence-corrected chi connectivity index (χ1v) is 7.40. The summed E-state index contributed by atoms with van der Waals surface area (Å²) in [6, 6.07) is 11.5. The molecular weight excluding hydrogens is 311 g/mol. The lowest BCUT2D eigenvalue weighted by Gasteiger charge is -1.99. The third-order valence-corrected chi connectivity index (χ3v) is 3.77. The maximum atomic E-state index is 13.3. The summed E-state index contributed by atoms with van der Waals surface area (Å²) in [5.74, 6) is -0.507. The van der Waals surface area contributed by atoms with E-state index in [-0.39, 0.29) is 12.4 Å². The highest BCUT2D eigenvalue weighted by Crippen LogP contribution is 2.21. The summed E-state index contributed by atoms with van der Waals surface area (Å²) in [7, 11) is 0. The van der Waals surface area contributed by atoms with E-state index in [2.05, 4.69) is 4.98 Å². The van der Waals surface area contributed by atoms with E-state index in [0.717, 1.165) is 5.56 Å². The van der Waals surface area contributed by atoms with Crippen LogP contribution in [0.15, 0.2) is 62.4 Å². The molecule has 2 aromatic carbocycles. The minimum Gasteiger partial charge on any atom is -0.444 e. The molecule has 0 radical (unpaired) electrons. The first kappa shape index (κ1) is 14.4. The lowest BCUT2D eigenvalue weighted by atomic mass is 10.2. The van der Waals surface area contributed by atoms with Crippen LogP contribution in [-0.4, -0.2) is 9.55 Å². The number of nitrogens with zero attached hydrogens (tertiary/aromatic N) is 2. The Labute approximate surface area is 136 Å². The minimum atomic E-state index is -0.453. The molecule has 0 saturated heterocycles. The van der Waals surface area contributed by atoms with Crippen molar-refractivity contribution >= 4 is 11.1 Å². The topological polar surface area (TPSA) is 61.2 Å². The average molecular weight is 324 g/mol. The van der Waals surface area contributed by atoms with Crippen molar-refractivity contribution in [2.45, 2.75) is 13.5 Å². The van der Waals surface area contributed by atoms with Crippen molar-refractivity contribution in [3.05, 3.63) is 76.4 Å². The summed E-state index contributed by atoms with van der Waals surface area (Å²) < 4.78 is 25.4. The second kappa shape index (κ2) is 5.49. The van der Waals surface area contributed by atoms with Gasteiger partial charge in [0.25, 0.3) is 0 Å². The first-order valence-electron chi connectivity index (χ1n) is 7.40. The van der Waals surface area contributed by atoms with Crippen LogP contribution in [0.1, 0.15) is 11.3 Å². The molecule has 0 aliphatic heterocycles. The van der Waals surface area contributed by atoms with Crippen LogP contribution in [-0.2, 0) is 6.54 Å². The van der Waals surface area contributed by atoms with Gasteiger partial charge in [-0.15, -0.1) is 0 Å². The van der Waals surface area contributed by atoms with Crippen molar-refractivity contribution in [3.8, 4) is 11.5 Å². The van der Waals surface area contributed by atoms with Gasteiger partial charge in [-0.3, -0.25) is 4.57 Å². The maximum absolute atomic E-state index is 13.3. The fraction of sp³-hybridized carbons (Fsp3) is 0.111. The van der Waals surface area contributed by atoms with Crippen LogP contribution < -0.4 is 5.76 Å². The number of hydrogen-bond acceptors (Lipinski definition) is 4. The third kappa shape index (κ3) is 2.52. The van der Waals surface area contributed by atoms with Gasteiger partial charge >= 0.3 is 5.76 Å². The standard InChI is InChI=1S/C18H13FN2O3/c1-11-5-6-16-15(7-11)21(18(22)24-16)9-14-10-23-17(20-14)12-3-2-4-13(19)8-12/h2-8,10H,9H2,1H3. The Balaban J connectivity index is 1.71. The molecule has 5 nitrogen and oxygen atoms in total. The highest BCUT2D eigenvalue weighted by atomic mass is 19.1. The van der Waals surface area contributed by atoms with Crippen LogP contribution in [0.3, 0.4) is 0 Å². The number of aromatic nitrogens is 2. The minimum absolute atomic E-state index is 0.216. The summed E-state index contributed by atoms with van der Waals surface area (Å²) in [5, 5.41) is 0. The Morgan fingerprint density at radius 3 is 2.92 bits per heavy atom. The predicted octanol–water partition coefficient (Wildman–Crippen LogP) is 3.75. The summed E-state index contributed by atoms with van der Waals surface area (Å²) in [6.07, 6.45) is 1.46. The van der Waals surface area contributed by atoms with E-state index in [9.17, 15) is 9.18 Å². The molecule has 2 heterocycles. The molecular formula is C18H13FN2O3. The van der Waals surface area contributed by atoms with Crippen molar-refractivity contribution in [1.29, 1.82) is 0 Å². The normalized spacial score (nSPS) is 11.2. The fourth-order valence-electron chi connectivity index (χ4n) is 2.62. The molecule has 0 atom stereocenters. The molecule has 120 valence electrons. The molecule has 0 spiro atoms. The molecule has 0 amide bonds. The largest absolute Gasteiger partial charge is 0.444 e. The number of benzene rings is 2. The van der Waals surface area contributed by atoms with Gasteiger partial charge in [0.05, 0.1) is 17.8 Å². The van der Waals surface area contributed by atoms with Crippen molar-refractivity contribution < 1.29 is 13.2 Å². The lowest BCUT2D eigenvalue weighted by molar-refractivity contribution is 0.515. The molecule has 6 heteroatoms. The zero-order valence-electron chi connectivity index (χ0n) is 12.8. The summed E-state index contributed by atoms with van der Waals surface area (Å²) >= 11 is 0. The maximum Gasteiger partial charge on any atom is 0.420 e. The Morgan fingerprint density at radius 1 is 1.21 bits per heavy atom. The molecule has 24 heavy (non-hydrogen) atoms. The van der Waals surface area contributed by atoms with Gasteiger partial charge in [-0.1, -0.05) is 12.1 Å². The third-order valence-electron chi connectivity index (χ3n) is 3.77. The van der Waals surface area contributed by atoms with E-state index in [1.54, 1.807) is 18.2 Å². The fourth-order valence-corrected chi connectivity index (χ4v) is 2.62.